The Morgan fingerprint density at radius 3 is 2.76 bits per heavy atom. The largest absolute Gasteiger partial charge is 0.497 e. The number of ether oxygens (including phenoxy) is 2. The number of benzene rings is 1. The van der Waals surface area contributed by atoms with Gasteiger partial charge in [-0.15, -0.1) is 0 Å². The van der Waals surface area contributed by atoms with Crippen LogP contribution in [0.4, 0.5) is 5.69 Å². The van der Waals surface area contributed by atoms with Gasteiger partial charge < -0.3 is 25.6 Å². The maximum atomic E-state index is 10.3. The summed E-state index contributed by atoms with van der Waals surface area (Å²) in [6, 6.07) is 3.62. The Kier molecular flexibility index (Phi) is 3.40. The van der Waals surface area contributed by atoms with Crippen molar-refractivity contribution in [1.29, 1.82) is 0 Å². The fraction of sp³-hybridized carbons (Fsp3) is 0.500. The summed E-state index contributed by atoms with van der Waals surface area (Å²) in [7, 11) is 3.18. The number of aliphatic hydroxyl groups is 1. The van der Waals surface area contributed by atoms with Gasteiger partial charge in [-0.3, -0.25) is 0 Å². The molecule has 0 spiro atoms. The number of hydrogen-bond donors (Lipinski definition) is 3. The lowest BCUT2D eigenvalue weighted by Gasteiger charge is -2.31. The third-order valence-corrected chi connectivity index (χ3v) is 3.17. The standard InChI is InChI=1S/C12H18N2O3/c1-16-8-3-9-11(10(4-8)17-2)12(15)7(5-13)6-14-9/h3-4,7,12,14-15H,5-6,13H2,1-2H3/t7-,12-/m1/s1. The third kappa shape index (κ3) is 2.03. The van der Waals surface area contributed by atoms with Crippen LogP contribution < -0.4 is 20.5 Å². The maximum Gasteiger partial charge on any atom is 0.130 e. The van der Waals surface area contributed by atoms with Crippen molar-refractivity contribution in [2.75, 3.05) is 32.6 Å². The van der Waals surface area contributed by atoms with Gasteiger partial charge in [0.2, 0.25) is 0 Å². The van der Waals surface area contributed by atoms with E-state index in [0.29, 0.717) is 24.6 Å². The van der Waals surface area contributed by atoms with Crippen LogP contribution in [0.25, 0.3) is 0 Å². The Labute approximate surface area is 101 Å². The molecule has 1 aromatic rings. The van der Waals surface area contributed by atoms with E-state index < -0.39 is 6.10 Å². The van der Waals surface area contributed by atoms with Crippen molar-refractivity contribution in [2.24, 2.45) is 11.7 Å². The lowest BCUT2D eigenvalue weighted by Crippen LogP contribution is -2.33. The highest BCUT2D eigenvalue weighted by atomic mass is 16.5. The van der Waals surface area contributed by atoms with Crippen molar-refractivity contribution < 1.29 is 14.6 Å². The van der Waals surface area contributed by atoms with Crippen molar-refractivity contribution in [1.82, 2.24) is 0 Å². The summed E-state index contributed by atoms with van der Waals surface area (Å²) in [4.78, 5) is 0. The molecule has 1 heterocycles. The molecule has 0 saturated carbocycles. The summed E-state index contributed by atoms with van der Waals surface area (Å²) in [6.45, 7) is 1.09. The van der Waals surface area contributed by atoms with E-state index in [-0.39, 0.29) is 5.92 Å². The first kappa shape index (κ1) is 12.0. The fourth-order valence-electron chi connectivity index (χ4n) is 2.14. The molecule has 0 radical (unpaired) electrons. The predicted molar refractivity (Wildman–Crippen MR) is 65.5 cm³/mol. The SMILES string of the molecule is COc1cc2c(c(OC)c1)[C@H](O)[C@H](CN)CN2. The van der Waals surface area contributed by atoms with E-state index in [1.165, 1.54) is 0 Å². The lowest BCUT2D eigenvalue weighted by molar-refractivity contribution is 0.111. The van der Waals surface area contributed by atoms with Crippen LogP contribution in [0, 0.1) is 5.92 Å². The zero-order valence-corrected chi connectivity index (χ0v) is 10.1. The first-order valence-corrected chi connectivity index (χ1v) is 5.59. The summed E-state index contributed by atoms with van der Waals surface area (Å²) in [5, 5.41) is 13.5. The molecule has 94 valence electrons. The topological polar surface area (TPSA) is 76.7 Å². The Morgan fingerprint density at radius 2 is 2.18 bits per heavy atom. The van der Waals surface area contributed by atoms with E-state index in [4.69, 9.17) is 15.2 Å². The molecule has 1 aliphatic heterocycles. The molecular weight excluding hydrogens is 220 g/mol. The van der Waals surface area contributed by atoms with E-state index >= 15 is 0 Å². The van der Waals surface area contributed by atoms with Gasteiger partial charge in [0, 0.05) is 35.8 Å². The van der Waals surface area contributed by atoms with Crippen molar-refractivity contribution in [3.8, 4) is 11.5 Å². The van der Waals surface area contributed by atoms with E-state index in [1.54, 1.807) is 20.3 Å². The van der Waals surface area contributed by atoms with Gasteiger partial charge in [-0.05, 0) is 6.54 Å². The normalized spacial score (nSPS) is 22.6. The molecule has 0 unspecified atom stereocenters. The number of rotatable bonds is 3. The molecule has 0 saturated heterocycles. The summed E-state index contributed by atoms with van der Waals surface area (Å²) in [6.07, 6.45) is -0.600. The van der Waals surface area contributed by atoms with Gasteiger partial charge in [-0.1, -0.05) is 0 Å². The quantitative estimate of drug-likeness (QED) is 0.724. The summed E-state index contributed by atoms with van der Waals surface area (Å²) < 4.78 is 10.5. The molecule has 1 aliphatic rings. The van der Waals surface area contributed by atoms with Crippen LogP contribution in [-0.4, -0.2) is 32.4 Å². The minimum absolute atomic E-state index is 0.00444. The van der Waals surface area contributed by atoms with Crippen molar-refractivity contribution in [3.63, 3.8) is 0 Å². The molecular formula is C12H18N2O3. The van der Waals surface area contributed by atoms with Crippen LogP contribution in [0.5, 0.6) is 11.5 Å². The number of nitrogens with two attached hydrogens (primary N) is 1. The van der Waals surface area contributed by atoms with E-state index in [1.807, 2.05) is 6.07 Å². The lowest BCUT2D eigenvalue weighted by atomic mass is 9.90. The number of hydrogen-bond acceptors (Lipinski definition) is 5. The molecule has 1 aromatic carbocycles. The molecule has 0 aromatic heterocycles. The second-order valence-corrected chi connectivity index (χ2v) is 4.11. The molecule has 2 rings (SSSR count). The molecule has 0 aliphatic carbocycles. The highest BCUT2D eigenvalue weighted by Crippen LogP contribution is 2.42. The Morgan fingerprint density at radius 1 is 1.41 bits per heavy atom. The molecule has 5 heteroatoms. The van der Waals surface area contributed by atoms with Crippen LogP contribution in [0.3, 0.4) is 0 Å². The highest BCUT2D eigenvalue weighted by molar-refractivity contribution is 5.64. The Bertz CT molecular complexity index is 392. The minimum Gasteiger partial charge on any atom is -0.497 e. The molecule has 0 amide bonds. The zero-order valence-electron chi connectivity index (χ0n) is 10.1. The van der Waals surface area contributed by atoms with Gasteiger partial charge in [0.25, 0.3) is 0 Å². The van der Waals surface area contributed by atoms with Crippen molar-refractivity contribution in [3.05, 3.63) is 17.7 Å². The Balaban J connectivity index is 2.47. The van der Waals surface area contributed by atoms with Gasteiger partial charge in [-0.2, -0.15) is 0 Å². The minimum atomic E-state index is -0.600. The molecule has 0 bridgehead atoms. The number of methoxy groups -OCH3 is 2. The molecule has 17 heavy (non-hydrogen) atoms. The monoisotopic (exact) mass is 238 g/mol. The average molecular weight is 238 g/mol. The number of fused-ring (bicyclic) bond motifs is 1. The van der Waals surface area contributed by atoms with Crippen LogP contribution in [0.15, 0.2) is 12.1 Å². The number of nitrogens with one attached hydrogen (secondary N) is 1. The van der Waals surface area contributed by atoms with Crippen molar-refractivity contribution >= 4 is 5.69 Å². The molecule has 4 N–H and O–H groups in total. The third-order valence-electron chi connectivity index (χ3n) is 3.17. The van der Waals surface area contributed by atoms with Gasteiger partial charge in [-0.25, -0.2) is 0 Å². The molecule has 2 atom stereocenters. The van der Waals surface area contributed by atoms with Crippen LogP contribution in [0.1, 0.15) is 11.7 Å². The first-order chi connectivity index (χ1) is 8.21. The van der Waals surface area contributed by atoms with Gasteiger partial charge in [0.05, 0.1) is 20.3 Å². The fourth-order valence-corrected chi connectivity index (χ4v) is 2.14. The van der Waals surface area contributed by atoms with Crippen LogP contribution >= 0.6 is 0 Å². The van der Waals surface area contributed by atoms with Gasteiger partial charge in [0.15, 0.2) is 0 Å². The van der Waals surface area contributed by atoms with Gasteiger partial charge in [0.1, 0.15) is 11.5 Å². The van der Waals surface area contributed by atoms with E-state index in [2.05, 4.69) is 5.32 Å². The summed E-state index contributed by atoms with van der Waals surface area (Å²) in [5.41, 5.74) is 7.24. The number of aliphatic hydroxyl groups excluding tert-OH is 1. The van der Waals surface area contributed by atoms with Crippen LogP contribution in [0.2, 0.25) is 0 Å². The summed E-state index contributed by atoms with van der Waals surface area (Å²) in [5.74, 6) is 1.33. The second-order valence-electron chi connectivity index (χ2n) is 4.11. The smallest absolute Gasteiger partial charge is 0.130 e. The molecule has 0 fully saturated rings. The Hall–Kier alpha value is -1.46. The molecule has 5 nitrogen and oxygen atoms in total. The van der Waals surface area contributed by atoms with Crippen molar-refractivity contribution in [2.45, 2.75) is 6.10 Å². The predicted octanol–water partition coefficient (Wildman–Crippen LogP) is 0.738. The number of anilines is 1. The second kappa shape index (κ2) is 4.81. The first-order valence-electron chi connectivity index (χ1n) is 5.59. The average Bonchev–Trinajstić information content (AvgIpc) is 2.37. The summed E-state index contributed by atoms with van der Waals surface area (Å²) >= 11 is 0. The van der Waals surface area contributed by atoms with Crippen LogP contribution in [-0.2, 0) is 0 Å². The van der Waals surface area contributed by atoms with E-state index in [0.717, 1.165) is 11.3 Å². The maximum absolute atomic E-state index is 10.3. The van der Waals surface area contributed by atoms with E-state index in [9.17, 15) is 5.11 Å². The highest BCUT2D eigenvalue weighted by Gasteiger charge is 2.30. The zero-order chi connectivity index (χ0) is 12.4. The van der Waals surface area contributed by atoms with Gasteiger partial charge >= 0.3 is 0 Å².